The molecule has 0 saturated carbocycles. The number of likely N-dealkylation sites (tertiary alicyclic amines) is 1. The highest BCUT2D eigenvalue weighted by Gasteiger charge is 2.42. The molecular weight excluding hydrogens is 396 g/mol. The van der Waals surface area contributed by atoms with E-state index >= 15 is 0 Å². The average molecular weight is 429 g/mol. The second kappa shape index (κ2) is 10.5. The number of piperidine rings is 1. The molecule has 1 N–H and O–H groups in total. The molecule has 0 radical (unpaired) electrons. The van der Waals surface area contributed by atoms with Crippen LogP contribution in [0.1, 0.15) is 30.4 Å². The van der Waals surface area contributed by atoms with Gasteiger partial charge in [0.15, 0.2) is 0 Å². The first-order chi connectivity index (χ1) is 15.7. The van der Waals surface area contributed by atoms with Crippen molar-refractivity contribution in [3.63, 3.8) is 0 Å². The van der Waals surface area contributed by atoms with E-state index in [1.165, 1.54) is 11.1 Å². The summed E-state index contributed by atoms with van der Waals surface area (Å²) >= 11 is 0. The Morgan fingerprint density at radius 1 is 1.06 bits per heavy atom. The molecule has 2 aromatic carbocycles. The van der Waals surface area contributed by atoms with Crippen LogP contribution in [0.3, 0.4) is 0 Å². The van der Waals surface area contributed by atoms with Crippen LogP contribution in [-0.2, 0) is 17.6 Å². The Hall–Kier alpha value is -3.05. The highest BCUT2D eigenvalue weighted by Crippen LogP contribution is 2.37. The van der Waals surface area contributed by atoms with Crippen molar-refractivity contribution in [1.82, 2.24) is 20.2 Å². The molecule has 1 saturated heterocycles. The first kappa shape index (κ1) is 22.2. The van der Waals surface area contributed by atoms with Crippen molar-refractivity contribution in [3.8, 4) is 11.1 Å². The zero-order chi connectivity index (χ0) is 22.2. The van der Waals surface area contributed by atoms with E-state index in [0.29, 0.717) is 6.42 Å². The first-order valence-electron chi connectivity index (χ1n) is 11.5. The molecule has 1 fully saturated rings. The maximum atomic E-state index is 13.2. The number of benzene rings is 2. The number of aromatic nitrogens is 2. The van der Waals surface area contributed by atoms with Crippen LogP contribution in [0, 0.1) is 5.41 Å². The molecule has 1 amide bonds. The maximum Gasteiger partial charge on any atom is 0.227 e. The lowest BCUT2D eigenvalue weighted by molar-refractivity contribution is -0.134. The summed E-state index contributed by atoms with van der Waals surface area (Å²) in [6.07, 6.45) is 10.1. The van der Waals surface area contributed by atoms with Gasteiger partial charge in [-0.2, -0.15) is 0 Å². The number of carbonyl (C=O) groups is 1. The number of nitrogens with one attached hydrogen (secondary N) is 1. The van der Waals surface area contributed by atoms with Crippen LogP contribution in [-0.4, -0.2) is 47.5 Å². The SMILES string of the molecule is CNC(=O)C1(Cc2ccccc2-c2cncnc2)CCCN(CCCc2ccccc2)C1. The molecule has 1 aromatic heterocycles. The van der Waals surface area contributed by atoms with Crippen LogP contribution in [0.15, 0.2) is 73.3 Å². The fourth-order valence-electron chi connectivity index (χ4n) is 5.00. The highest BCUT2D eigenvalue weighted by molar-refractivity contribution is 5.83. The molecule has 0 aliphatic carbocycles. The molecule has 4 rings (SSSR count). The molecule has 5 nitrogen and oxygen atoms in total. The van der Waals surface area contributed by atoms with Crippen LogP contribution < -0.4 is 5.32 Å². The van der Waals surface area contributed by atoms with E-state index in [1.807, 2.05) is 18.5 Å². The summed E-state index contributed by atoms with van der Waals surface area (Å²) in [5.41, 5.74) is 4.23. The predicted molar refractivity (Wildman–Crippen MR) is 128 cm³/mol. The van der Waals surface area contributed by atoms with Crippen LogP contribution in [0.4, 0.5) is 0 Å². The fourth-order valence-corrected chi connectivity index (χ4v) is 5.00. The van der Waals surface area contributed by atoms with Crippen LogP contribution in [0.5, 0.6) is 0 Å². The minimum Gasteiger partial charge on any atom is -0.359 e. The number of nitrogens with zero attached hydrogens (tertiary/aromatic N) is 3. The molecule has 32 heavy (non-hydrogen) atoms. The Bertz CT molecular complexity index is 1010. The smallest absolute Gasteiger partial charge is 0.227 e. The minimum atomic E-state index is -0.425. The standard InChI is InChI=1S/C27H32N4O/c1-28-26(32)27(17-23-12-5-6-13-25(23)24-18-29-21-30-19-24)14-8-16-31(20-27)15-7-11-22-9-3-2-4-10-22/h2-6,9-10,12-13,18-19,21H,7-8,11,14-17,20H2,1H3,(H,28,32). The fraction of sp³-hybridized carbons (Fsp3) is 0.370. The van der Waals surface area contributed by atoms with E-state index in [2.05, 4.69) is 68.7 Å². The summed E-state index contributed by atoms with van der Waals surface area (Å²) in [5, 5.41) is 2.97. The second-order valence-electron chi connectivity index (χ2n) is 8.79. The Morgan fingerprint density at radius 3 is 2.59 bits per heavy atom. The van der Waals surface area contributed by atoms with Crippen molar-refractivity contribution in [2.24, 2.45) is 5.41 Å². The van der Waals surface area contributed by atoms with Gasteiger partial charge in [0.2, 0.25) is 5.91 Å². The van der Waals surface area contributed by atoms with Crippen molar-refractivity contribution < 1.29 is 4.79 Å². The molecule has 0 spiro atoms. The van der Waals surface area contributed by atoms with Crippen molar-refractivity contribution in [2.75, 3.05) is 26.7 Å². The summed E-state index contributed by atoms with van der Waals surface area (Å²) in [4.78, 5) is 24.1. The quantitative estimate of drug-likeness (QED) is 0.586. The summed E-state index contributed by atoms with van der Waals surface area (Å²) in [7, 11) is 1.76. The lowest BCUT2D eigenvalue weighted by Gasteiger charge is -2.42. The number of hydrogen-bond donors (Lipinski definition) is 1. The zero-order valence-electron chi connectivity index (χ0n) is 18.8. The Labute approximate surface area is 190 Å². The van der Waals surface area contributed by atoms with Crippen molar-refractivity contribution in [2.45, 2.75) is 32.1 Å². The summed E-state index contributed by atoms with van der Waals surface area (Å²) in [6.45, 7) is 2.87. The van der Waals surface area contributed by atoms with Gasteiger partial charge < -0.3 is 10.2 Å². The Morgan fingerprint density at radius 2 is 1.81 bits per heavy atom. The third-order valence-electron chi connectivity index (χ3n) is 6.57. The van der Waals surface area contributed by atoms with E-state index in [4.69, 9.17) is 0 Å². The van der Waals surface area contributed by atoms with E-state index < -0.39 is 5.41 Å². The molecule has 2 heterocycles. The molecule has 1 atom stereocenters. The first-order valence-corrected chi connectivity index (χ1v) is 11.5. The summed E-state index contributed by atoms with van der Waals surface area (Å²) < 4.78 is 0. The van der Waals surface area contributed by atoms with Gasteiger partial charge in [0, 0.05) is 31.5 Å². The predicted octanol–water partition coefficient (Wildman–Crippen LogP) is 4.15. The van der Waals surface area contributed by atoms with Gasteiger partial charge in [-0.3, -0.25) is 4.79 Å². The molecule has 3 aromatic rings. The molecule has 1 aliphatic heterocycles. The average Bonchev–Trinajstić information content (AvgIpc) is 2.85. The molecule has 1 unspecified atom stereocenters. The summed E-state index contributed by atoms with van der Waals surface area (Å²) in [6, 6.07) is 19.0. The molecule has 0 bridgehead atoms. The maximum absolute atomic E-state index is 13.2. The normalized spacial score (nSPS) is 18.9. The number of amides is 1. The van der Waals surface area contributed by atoms with Gasteiger partial charge in [-0.1, -0.05) is 54.6 Å². The van der Waals surface area contributed by atoms with Gasteiger partial charge in [-0.25, -0.2) is 9.97 Å². The number of carbonyl (C=O) groups excluding carboxylic acids is 1. The topological polar surface area (TPSA) is 58.1 Å². The van der Waals surface area contributed by atoms with Crippen LogP contribution >= 0.6 is 0 Å². The number of hydrogen-bond acceptors (Lipinski definition) is 4. The van der Waals surface area contributed by atoms with Gasteiger partial charge >= 0.3 is 0 Å². The summed E-state index contributed by atoms with van der Waals surface area (Å²) in [5.74, 6) is 0.143. The molecule has 166 valence electrons. The van der Waals surface area contributed by atoms with Crippen LogP contribution in [0.25, 0.3) is 11.1 Å². The highest BCUT2D eigenvalue weighted by atomic mass is 16.2. The van der Waals surface area contributed by atoms with Gasteiger partial charge in [0.25, 0.3) is 0 Å². The lowest BCUT2D eigenvalue weighted by Crippen LogP contribution is -2.52. The van der Waals surface area contributed by atoms with Gasteiger partial charge in [0.1, 0.15) is 6.33 Å². The molecule has 5 heteroatoms. The molecule has 1 aliphatic rings. The van der Waals surface area contributed by atoms with E-state index in [0.717, 1.165) is 56.4 Å². The van der Waals surface area contributed by atoms with Gasteiger partial charge in [-0.15, -0.1) is 0 Å². The monoisotopic (exact) mass is 428 g/mol. The number of rotatable bonds is 8. The lowest BCUT2D eigenvalue weighted by atomic mass is 9.73. The third-order valence-corrected chi connectivity index (χ3v) is 6.57. The van der Waals surface area contributed by atoms with Crippen molar-refractivity contribution in [3.05, 3.63) is 84.4 Å². The minimum absolute atomic E-state index is 0.143. The van der Waals surface area contributed by atoms with Crippen molar-refractivity contribution in [1.29, 1.82) is 0 Å². The van der Waals surface area contributed by atoms with Gasteiger partial charge in [-0.05, 0) is 61.9 Å². The molecular formula is C27H32N4O. The third kappa shape index (κ3) is 5.22. The van der Waals surface area contributed by atoms with Crippen LogP contribution in [0.2, 0.25) is 0 Å². The Kier molecular flexibility index (Phi) is 7.28. The van der Waals surface area contributed by atoms with Gasteiger partial charge in [0.05, 0.1) is 5.41 Å². The Balaban J connectivity index is 1.51. The van der Waals surface area contributed by atoms with E-state index in [9.17, 15) is 4.79 Å². The zero-order valence-corrected chi connectivity index (χ0v) is 18.8. The second-order valence-corrected chi connectivity index (χ2v) is 8.79. The largest absolute Gasteiger partial charge is 0.359 e. The van der Waals surface area contributed by atoms with E-state index in [-0.39, 0.29) is 5.91 Å². The van der Waals surface area contributed by atoms with Crippen molar-refractivity contribution >= 4 is 5.91 Å². The van der Waals surface area contributed by atoms with E-state index in [1.54, 1.807) is 13.4 Å². The number of aryl methyl sites for hydroxylation is 1.